The number of amides is 1. The minimum absolute atomic E-state index is 0.0496. The number of likely N-dealkylation sites (N-methyl/N-ethyl adjacent to an activating group) is 1. The molecule has 5 nitrogen and oxygen atoms in total. The van der Waals surface area contributed by atoms with Gasteiger partial charge in [-0.3, -0.25) is 9.69 Å². The number of nitrogens with zero attached hydrogens (tertiary/aromatic N) is 2. The summed E-state index contributed by atoms with van der Waals surface area (Å²) in [7, 11) is 0. The monoisotopic (exact) mass is 283 g/mol. The van der Waals surface area contributed by atoms with Crippen LogP contribution in [0.3, 0.4) is 0 Å². The lowest BCUT2D eigenvalue weighted by Gasteiger charge is -2.32. The minimum Gasteiger partial charge on any atom is -0.366 e. The zero-order chi connectivity index (χ0) is 14.4. The molecule has 20 heavy (non-hydrogen) atoms. The number of hydrogen-bond donors (Lipinski definition) is 1. The Bertz CT molecular complexity index is 303. The van der Waals surface area contributed by atoms with Gasteiger partial charge in [0.1, 0.15) is 6.10 Å². The van der Waals surface area contributed by atoms with Crippen molar-refractivity contribution in [3.63, 3.8) is 0 Å². The van der Waals surface area contributed by atoms with Crippen LogP contribution in [0.4, 0.5) is 0 Å². The summed E-state index contributed by atoms with van der Waals surface area (Å²) in [6.45, 7) is 11.8. The highest BCUT2D eigenvalue weighted by atomic mass is 16.5. The van der Waals surface area contributed by atoms with Crippen LogP contribution in [0.25, 0.3) is 0 Å². The molecule has 0 aromatic heterocycles. The summed E-state index contributed by atoms with van der Waals surface area (Å²) >= 11 is 0. The average molecular weight is 283 g/mol. The van der Waals surface area contributed by atoms with Gasteiger partial charge in [0.25, 0.3) is 5.91 Å². The third-order valence-corrected chi connectivity index (χ3v) is 4.49. The Morgan fingerprint density at radius 1 is 1.25 bits per heavy atom. The van der Waals surface area contributed by atoms with E-state index < -0.39 is 0 Å². The van der Waals surface area contributed by atoms with Crippen LogP contribution >= 0.6 is 0 Å². The largest absolute Gasteiger partial charge is 0.366 e. The minimum atomic E-state index is -0.287. The number of carbonyl (C=O) groups is 1. The molecule has 2 saturated heterocycles. The summed E-state index contributed by atoms with van der Waals surface area (Å²) in [6, 6.07) is 0. The van der Waals surface area contributed by atoms with Gasteiger partial charge in [-0.05, 0) is 38.4 Å². The highest BCUT2D eigenvalue weighted by Crippen LogP contribution is 2.15. The van der Waals surface area contributed by atoms with E-state index in [9.17, 15) is 4.79 Å². The summed E-state index contributed by atoms with van der Waals surface area (Å²) in [5.41, 5.74) is 0. The van der Waals surface area contributed by atoms with E-state index in [1.807, 2.05) is 0 Å². The summed E-state index contributed by atoms with van der Waals surface area (Å²) in [6.07, 6.45) is 2.28. The van der Waals surface area contributed by atoms with Crippen molar-refractivity contribution in [2.75, 3.05) is 52.4 Å². The molecule has 0 aromatic carbocycles. The molecule has 0 bridgehead atoms. The van der Waals surface area contributed by atoms with Crippen molar-refractivity contribution in [1.29, 1.82) is 0 Å². The number of morpholine rings is 1. The van der Waals surface area contributed by atoms with Crippen LogP contribution in [0.1, 0.15) is 26.7 Å². The summed E-state index contributed by atoms with van der Waals surface area (Å²) in [5.74, 6) is 0.907. The van der Waals surface area contributed by atoms with Crippen molar-refractivity contribution in [2.24, 2.45) is 5.92 Å². The van der Waals surface area contributed by atoms with Crippen molar-refractivity contribution in [3.05, 3.63) is 0 Å². The van der Waals surface area contributed by atoms with Gasteiger partial charge in [-0.2, -0.15) is 0 Å². The van der Waals surface area contributed by atoms with Crippen molar-refractivity contribution in [1.82, 2.24) is 15.1 Å². The first-order valence-corrected chi connectivity index (χ1v) is 8.03. The molecule has 2 aliphatic rings. The normalized spacial score (nSPS) is 26.6. The second-order valence-electron chi connectivity index (χ2n) is 6.07. The Kier molecular flexibility index (Phi) is 6.26. The van der Waals surface area contributed by atoms with E-state index in [1.54, 1.807) is 0 Å². The molecule has 0 saturated carbocycles. The molecule has 0 spiro atoms. The second-order valence-corrected chi connectivity index (χ2v) is 6.07. The van der Waals surface area contributed by atoms with E-state index in [2.05, 4.69) is 29.0 Å². The maximum Gasteiger partial charge on any atom is 0.250 e. The van der Waals surface area contributed by atoms with E-state index in [-0.39, 0.29) is 12.0 Å². The lowest BCUT2D eigenvalue weighted by atomic mass is 9.99. The van der Waals surface area contributed by atoms with Gasteiger partial charge in [0.15, 0.2) is 0 Å². The fraction of sp³-hybridized carbons (Fsp3) is 0.933. The van der Waals surface area contributed by atoms with Gasteiger partial charge in [0.2, 0.25) is 0 Å². The Labute approximate surface area is 122 Å². The lowest BCUT2D eigenvalue weighted by molar-refractivity contribution is -0.138. The van der Waals surface area contributed by atoms with Crippen LogP contribution in [0.5, 0.6) is 0 Å². The van der Waals surface area contributed by atoms with Crippen molar-refractivity contribution in [2.45, 2.75) is 32.8 Å². The first-order valence-electron chi connectivity index (χ1n) is 8.03. The third kappa shape index (κ3) is 4.72. The number of hydrogen-bond acceptors (Lipinski definition) is 4. The maximum atomic E-state index is 12.1. The van der Waals surface area contributed by atoms with Crippen LogP contribution in [-0.4, -0.2) is 74.2 Å². The molecule has 2 aliphatic heterocycles. The third-order valence-electron chi connectivity index (χ3n) is 4.49. The quantitative estimate of drug-likeness (QED) is 0.800. The second kappa shape index (κ2) is 7.96. The van der Waals surface area contributed by atoms with E-state index in [4.69, 9.17) is 4.74 Å². The molecule has 116 valence electrons. The summed E-state index contributed by atoms with van der Waals surface area (Å²) < 4.78 is 5.56. The predicted octanol–water partition coefficient (Wildman–Crippen LogP) is 0.555. The molecule has 1 amide bonds. The van der Waals surface area contributed by atoms with Gasteiger partial charge in [0.05, 0.1) is 6.61 Å². The Morgan fingerprint density at radius 3 is 2.70 bits per heavy atom. The Morgan fingerprint density at radius 2 is 2.00 bits per heavy atom. The van der Waals surface area contributed by atoms with Gasteiger partial charge in [0, 0.05) is 26.2 Å². The molecule has 2 rings (SSSR count). The number of piperidine rings is 1. The van der Waals surface area contributed by atoms with Crippen molar-refractivity contribution in [3.8, 4) is 0 Å². The fourth-order valence-electron chi connectivity index (χ4n) is 2.89. The number of carbonyl (C=O) groups excluding carboxylic acids is 1. The Balaban J connectivity index is 1.62. The van der Waals surface area contributed by atoms with Gasteiger partial charge in [-0.15, -0.1) is 0 Å². The molecular weight excluding hydrogens is 254 g/mol. The zero-order valence-corrected chi connectivity index (χ0v) is 12.9. The van der Waals surface area contributed by atoms with Gasteiger partial charge < -0.3 is 15.0 Å². The molecule has 0 aliphatic carbocycles. The van der Waals surface area contributed by atoms with Crippen molar-refractivity contribution < 1.29 is 9.53 Å². The molecule has 2 heterocycles. The molecule has 0 unspecified atom stereocenters. The molecule has 2 fully saturated rings. The van der Waals surface area contributed by atoms with E-state index >= 15 is 0 Å². The van der Waals surface area contributed by atoms with E-state index in [0.29, 0.717) is 6.61 Å². The number of rotatable bonds is 5. The molecule has 5 heteroatoms. The standard InChI is InChI=1S/C15H29N3O2/c1-3-17-10-11-20-14(12-17)15(19)16-6-9-18-7-4-13(2)5-8-18/h13-14H,3-12H2,1-2H3,(H,16,19)/t14-/m0/s1. The summed E-state index contributed by atoms with van der Waals surface area (Å²) in [5, 5.41) is 3.02. The predicted molar refractivity (Wildman–Crippen MR) is 79.7 cm³/mol. The Hall–Kier alpha value is -0.650. The fourth-order valence-corrected chi connectivity index (χ4v) is 2.89. The zero-order valence-electron chi connectivity index (χ0n) is 12.9. The first kappa shape index (κ1) is 15.7. The van der Waals surface area contributed by atoms with Crippen LogP contribution in [0, 0.1) is 5.92 Å². The first-order chi connectivity index (χ1) is 9.69. The molecule has 0 radical (unpaired) electrons. The highest BCUT2D eigenvalue weighted by molar-refractivity contribution is 5.81. The van der Waals surface area contributed by atoms with Crippen LogP contribution in [-0.2, 0) is 9.53 Å². The van der Waals surface area contributed by atoms with Gasteiger partial charge in [-0.25, -0.2) is 0 Å². The molecular formula is C15H29N3O2. The van der Waals surface area contributed by atoms with Crippen LogP contribution < -0.4 is 5.32 Å². The van der Waals surface area contributed by atoms with Gasteiger partial charge in [-0.1, -0.05) is 13.8 Å². The highest BCUT2D eigenvalue weighted by Gasteiger charge is 2.25. The number of nitrogens with one attached hydrogen (secondary N) is 1. The molecule has 1 atom stereocenters. The van der Waals surface area contributed by atoms with E-state index in [0.717, 1.165) is 38.6 Å². The van der Waals surface area contributed by atoms with Crippen LogP contribution in [0.2, 0.25) is 0 Å². The number of ether oxygens (including phenoxy) is 1. The lowest BCUT2D eigenvalue weighted by Crippen LogP contribution is -2.50. The molecule has 0 aromatic rings. The van der Waals surface area contributed by atoms with E-state index in [1.165, 1.54) is 25.9 Å². The van der Waals surface area contributed by atoms with Gasteiger partial charge >= 0.3 is 0 Å². The number of likely N-dealkylation sites (tertiary alicyclic amines) is 1. The maximum absolute atomic E-state index is 12.1. The van der Waals surface area contributed by atoms with Crippen molar-refractivity contribution >= 4 is 5.91 Å². The average Bonchev–Trinajstić information content (AvgIpc) is 2.49. The topological polar surface area (TPSA) is 44.8 Å². The molecule has 1 N–H and O–H groups in total. The smallest absolute Gasteiger partial charge is 0.250 e. The summed E-state index contributed by atoms with van der Waals surface area (Å²) in [4.78, 5) is 16.8. The van der Waals surface area contributed by atoms with Crippen LogP contribution in [0.15, 0.2) is 0 Å². The SMILES string of the molecule is CCN1CCO[C@H](C(=O)NCCN2CCC(C)CC2)C1.